The van der Waals surface area contributed by atoms with Crippen molar-refractivity contribution in [2.24, 2.45) is 0 Å². The van der Waals surface area contributed by atoms with Gasteiger partial charge in [0.05, 0.1) is 0 Å². The molecule has 78 valence electrons. The quantitative estimate of drug-likeness (QED) is 0.677. The fraction of sp³-hybridized carbons (Fsp3) is 0.538. The lowest BCUT2D eigenvalue weighted by Gasteiger charge is -2.27. The Bertz CT molecular complexity index is 311. The van der Waals surface area contributed by atoms with Gasteiger partial charge in [-0.25, -0.2) is 0 Å². The highest BCUT2D eigenvalue weighted by atomic mass is 35.5. The third-order valence-corrected chi connectivity index (χ3v) is 3.84. The Morgan fingerprint density at radius 1 is 1.21 bits per heavy atom. The summed E-state index contributed by atoms with van der Waals surface area (Å²) in [6, 6.07) is 6.38. The summed E-state index contributed by atoms with van der Waals surface area (Å²) in [6.45, 7) is 8.87. The molecule has 0 atom stereocenters. The third-order valence-electron chi connectivity index (χ3n) is 3.42. The Labute approximate surface area is 92.3 Å². The zero-order valence-electron chi connectivity index (χ0n) is 9.52. The largest absolute Gasteiger partial charge is 0.0841 e. The fourth-order valence-electron chi connectivity index (χ4n) is 1.68. The fourth-order valence-corrected chi connectivity index (χ4v) is 1.80. The van der Waals surface area contributed by atoms with E-state index in [4.69, 9.17) is 11.6 Å². The molecule has 14 heavy (non-hydrogen) atoms. The first-order valence-electron chi connectivity index (χ1n) is 5.30. The summed E-state index contributed by atoms with van der Waals surface area (Å²) in [4.78, 5) is 0. The molecule has 0 aliphatic heterocycles. The Morgan fingerprint density at radius 3 is 2.21 bits per heavy atom. The highest BCUT2D eigenvalue weighted by Crippen LogP contribution is 2.32. The number of hydrogen-bond acceptors (Lipinski definition) is 0. The van der Waals surface area contributed by atoms with Gasteiger partial charge in [0.1, 0.15) is 0 Å². The van der Waals surface area contributed by atoms with Crippen LogP contribution in [-0.4, -0.2) is 0 Å². The Hall–Kier alpha value is -0.490. The van der Waals surface area contributed by atoms with Gasteiger partial charge >= 0.3 is 0 Å². The molecule has 0 aliphatic rings. The molecule has 0 nitrogen and oxygen atoms in total. The van der Waals surface area contributed by atoms with Crippen LogP contribution in [0.25, 0.3) is 0 Å². The normalized spacial score (nSPS) is 11.8. The van der Waals surface area contributed by atoms with Crippen LogP contribution >= 0.6 is 11.6 Å². The molecular weight excluding hydrogens is 192 g/mol. The third kappa shape index (κ3) is 2.12. The van der Waals surface area contributed by atoms with Crippen LogP contribution in [0.3, 0.4) is 0 Å². The van der Waals surface area contributed by atoms with Gasteiger partial charge in [0, 0.05) is 5.02 Å². The average Bonchev–Trinajstić information content (AvgIpc) is 2.21. The number of hydrogen-bond donors (Lipinski definition) is 0. The van der Waals surface area contributed by atoms with E-state index in [0.29, 0.717) is 5.41 Å². The Kier molecular flexibility index (Phi) is 3.60. The van der Waals surface area contributed by atoms with Crippen LogP contribution in [-0.2, 0) is 5.41 Å². The van der Waals surface area contributed by atoms with E-state index >= 15 is 0 Å². The summed E-state index contributed by atoms with van der Waals surface area (Å²) in [5, 5.41) is 0.864. The van der Waals surface area contributed by atoms with Crippen molar-refractivity contribution in [3.63, 3.8) is 0 Å². The molecule has 0 unspecified atom stereocenters. The summed E-state index contributed by atoms with van der Waals surface area (Å²) in [7, 11) is 0. The summed E-state index contributed by atoms with van der Waals surface area (Å²) < 4.78 is 0. The van der Waals surface area contributed by atoms with Crippen LogP contribution in [0.2, 0.25) is 5.02 Å². The topological polar surface area (TPSA) is 0 Å². The lowest BCUT2D eigenvalue weighted by molar-refractivity contribution is 0.438. The molecule has 1 aromatic rings. The number of aryl methyl sites for hydroxylation is 1. The second-order valence-electron chi connectivity index (χ2n) is 4.23. The van der Waals surface area contributed by atoms with Gasteiger partial charge in [-0.3, -0.25) is 0 Å². The zero-order valence-corrected chi connectivity index (χ0v) is 10.3. The molecule has 0 saturated heterocycles. The minimum Gasteiger partial charge on any atom is -0.0841 e. The maximum absolute atomic E-state index is 6.02. The maximum Gasteiger partial charge on any atom is 0.0435 e. The number of benzene rings is 1. The van der Waals surface area contributed by atoms with Gasteiger partial charge in [0.25, 0.3) is 0 Å². The molecule has 0 amide bonds. The number of halogens is 1. The Balaban J connectivity index is 3.12. The SMILES string of the molecule is CCC(C)(CC)c1ccc(Cl)c(C)c1. The molecule has 1 aromatic carbocycles. The standard InChI is InChI=1S/C13H19Cl/c1-5-13(4,6-2)11-7-8-12(14)10(3)9-11/h7-9H,5-6H2,1-4H3. The summed E-state index contributed by atoms with van der Waals surface area (Å²) in [5.41, 5.74) is 2.89. The van der Waals surface area contributed by atoms with Crippen molar-refractivity contribution in [2.75, 3.05) is 0 Å². The van der Waals surface area contributed by atoms with Gasteiger partial charge < -0.3 is 0 Å². The van der Waals surface area contributed by atoms with Gasteiger partial charge in [-0.2, -0.15) is 0 Å². The summed E-state index contributed by atoms with van der Waals surface area (Å²) >= 11 is 6.02. The zero-order chi connectivity index (χ0) is 10.8. The smallest absolute Gasteiger partial charge is 0.0435 e. The molecule has 0 bridgehead atoms. The molecule has 0 aromatic heterocycles. The highest BCUT2D eigenvalue weighted by molar-refractivity contribution is 6.31. The van der Waals surface area contributed by atoms with Gasteiger partial charge in [-0.15, -0.1) is 0 Å². The van der Waals surface area contributed by atoms with E-state index in [1.807, 2.05) is 6.07 Å². The van der Waals surface area contributed by atoms with Crippen LogP contribution in [0, 0.1) is 6.92 Å². The van der Waals surface area contributed by atoms with E-state index in [9.17, 15) is 0 Å². The molecular formula is C13H19Cl. The molecule has 1 rings (SSSR count). The van der Waals surface area contributed by atoms with Crippen LogP contribution in [0.1, 0.15) is 44.7 Å². The van der Waals surface area contributed by atoms with Gasteiger partial charge in [0.15, 0.2) is 0 Å². The first kappa shape index (κ1) is 11.6. The van der Waals surface area contributed by atoms with Crippen molar-refractivity contribution in [3.05, 3.63) is 34.3 Å². The summed E-state index contributed by atoms with van der Waals surface area (Å²) in [6.07, 6.45) is 2.34. The van der Waals surface area contributed by atoms with E-state index < -0.39 is 0 Å². The molecule has 0 radical (unpaired) electrons. The monoisotopic (exact) mass is 210 g/mol. The maximum atomic E-state index is 6.02. The lowest BCUT2D eigenvalue weighted by Crippen LogP contribution is -2.19. The Morgan fingerprint density at radius 2 is 1.79 bits per heavy atom. The molecule has 0 saturated carbocycles. The van der Waals surface area contributed by atoms with Crippen molar-refractivity contribution in [2.45, 2.75) is 46.0 Å². The minimum absolute atomic E-state index is 0.301. The van der Waals surface area contributed by atoms with E-state index in [0.717, 1.165) is 5.02 Å². The minimum atomic E-state index is 0.301. The van der Waals surface area contributed by atoms with E-state index in [1.54, 1.807) is 0 Å². The van der Waals surface area contributed by atoms with E-state index in [2.05, 4.69) is 39.8 Å². The van der Waals surface area contributed by atoms with Gasteiger partial charge in [-0.1, -0.05) is 44.5 Å². The molecule has 0 spiro atoms. The van der Waals surface area contributed by atoms with Gasteiger partial charge in [0.2, 0.25) is 0 Å². The van der Waals surface area contributed by atoms with Crippen LogP contribution in [0.5, 0.6) is 0 Å². The van der Waals surface area contributed by atoms with E-state index in [-0.39, 0.29) is 0 Å². The van der Waals surface area contributed by atoms with Gasteiger partial charge in [-0.05, 0) is 42.4 Å². The molecule has 0 N–H and O–H groups in total. The van der Waals surface area contributed by atoms with Crippen molar-refractivity contribution in [3.8, 4) is 0 Å². The summed E-state index contributed by atoms with van der Waals surface area (Å²) in [5.74, 6) is 0. The second kappa shape index (κ2) is 4.35. The second-order valence-corrected chi connectivity index (χ2v) is 4.64. The van der Waals surface area contributed by atoms with Crippen LogP contribution in [0.4, 0.5) is 0 Å². The van der Waals surface area contributed by atoms with Crippen LogP contribution in [0.15, 0.2) is 18.2 Å². The molecule has 0 heterocycles. The average molecular weight is 211 g/mol. The predicted octanol–water partition coefficient (Wildman–Crippen LogP) is 4.73. The highest BCUT2D eigenvalue weighted by Gasteiger charge is 2.22. The lowest BCUT2D eigenvalue weighted by atomic mass is 9.77. The van der Waals surface area contributed by atoms with Crippen LogP contribution < -0.4 is 0 Å². The first-order chi connectivity index (χ1) is 6.53. The van der Waals surface area contributed by atoms with E-state index in [1.165, 1.54) is 24.0 Å². The van der Waals surface area contributed by atoms with Crippen molar-refractivity contribution >= 4 is 11.6 Å². The predicted molar refractivity (Wildman–Crippen MR) is 64.1 cm³/mol. The molecule has 0 aliphatic carbocycles. The van der Waals surface area contributed by atoms with Crippen molar-refractivity contribution in [1.29, 1.82) is 0 Å². The molecule has 0 fully saturated rings. The van der Waals surface area contributed by atoms with Crippen molar-refractivity contribution < 1.29 is 0 Å². The van der Waals surface area contributed by atoms with Crippen molar-refractivity contribution in [1.82, 2.24) is 0 Å². The first-order valence-corrected chi connectivity index (χ1v) is 5.68. The number of rotatable bonds is 3. The molecule has 1 heteroatoms.